The Morgan fingerprint density at radius 3 is 2.75 bits per heavy atom. The number of benzene rings is 1. The molecule has 1 N–H and O–H groups in total. The van der Waals surface area contributed by atoms with Crippen molar-refractivity contribution in [2.24, 2.45) is 7.05 Å². The Morgan fingerprint density at radius 1 is 1.33 bits per heavy atom. The predicted molar refractivity (Wildman–Crippen MR) is 95.9 cm³/mol. The molecule has 0 saturated heterocycles. The third kappa shape index (κ3) is 3.02. The van der Waals surface area contributed by atoms with Crippen LogP contribution in [0.2, 0.25) is 0 Å². The predicted octanol–water partition coefficient (Wildman–Crippen LogP) is 3.47. The molecule has 0 saturated carbocycles. The molecule has 1 atom stereocenters. The van der Waals surface area contributed by atoms with Gasteiger partial charge in [0.15, 0.2) is 0 Å². The highest BCUT2D eigenvalue weighted by Crippen LogP contribution is 2.26. The smallest absolute Gasteiger partial charge is 0.252 e. The first-order chi connectivity index (χ1) is 11.5. The van der Waals surface area contributed by atoms with Gasteiger partial charge >= 0.3 is 0 Å². The number of rotatable bonds is 4. The van der Waals surface area contributed by atoms with Crippen LogP contribution in [0.3, 0.4) is 0 Å². The fraction of sp³-hybridized carbons (Fsp3) is 0.316. The van der Waals surface area contributed by atoms with Crippen LogP contribution < -0.4 is 5.32 Å². The van der Waals surface area contributed by atoms with Gasteiger partial charge in [0, 0.05) is 30.2 Å². The summed E-state index contributed by atoms with van der Waals surface area (Å²) < 4.78 is 1.76. The Hall–Kier alpha value is -2.69. The number of hydrogen-bond donors (Lipinski definition) is 1. The molecule has 3 aromatic rings. The van der Waals surface area contributed by atoms with Gasteiger partial charge in [0.25, 0.3) is 5.91 Å². The molecule has 2 aromatic heterocycles. The Labute approximate surface area is 141 Å². The topological polar surface area (TPSA) is 59.8 Å². The normalized spacial score (nSPS) is 12.3. The first-order valence-electron chi connectivity index (χ1n) is 8.21. The maximum Gasteiger partial charge on any atom is 0.252 e. The van der Waals surface area contributed by atoms with Gasteiger partial charge < -0.3 is 5.32 Å². The first-order valence-corrected chi connectivity index (χ1v) is 8.21. The molecule has 0 aliphatic carbocycles. The van der Waals surface area contributed by atoms with Gasteiger partial charge in [-0.15, -0.1) is 0 Å². The second-order valence-corrected chi connectivity index (χ2v) is 6.16. The Kier molecular flexibility index (Phi) is 4.34. The number of aryl methyl sites for hydroxylation is 2. The van der Waals surface area contributed by atoms with E-state index in [0.29, 0.717) is 5.56 Å². The molecule has 0 radical (unpaired) electrons. The van der Waals surface area contributed by atoms with Crippen LogP contribution in [-0.2, 0) is 7.05 Å². The third-order valence-corrected chi connectivity index (χ3v) is 4.24. The second-order valence-electron chi connectivity index (χ2n) is 6.16. The quantitative estimate of drug-likeness (QED) is 0.800. The highest BCUT2D eigenvalue weighted by atomic mass is 16.1. The van der Waals surface area contributed by atoms with Gasteiger partial charge in [-0.1, -0.05) is 25.1 Å². The van der Waals surface area contributed by atoms with Gasteiger partial charge in [-0.3, -0.25) is 9.48 Å². The van der Waals surface area contributed by atoms with E-state index >= 15 is 0 Å². The molecule has 1 amide bonds. The zero-order valence-electron chi connectivity index (χ0n) is 14.5. The molecule has 24 heavy (non-hydrogen) atoms. The largest absolute Gasteiger partial charge is 0.350 e. The molecule has 124 valence electrons. The summed E-state index contributed by atoms with van der Waals surface area (Å²) in [5.41, 5.74) is 4.08. The molecule has 5 heteroatoms. The molecule has 1 unspecified atom stereocenters. The van der Waals surface area contributed by atoms with E-state index in [1.165, 1.54) is 0 Å². The van der Waals surface area contributed by atoms with E-state index in [0.717, 1.165) is 34.3 Å². The lowest BCUT2D eigenvalue weighted by molar-refractivity contribution is 0.0941. The third-order valence-electron chi connectivity index (χ3n) is 4.24. The highest BCUT2D eigenvalue weighted by molar-refractivity contribution is 6.07. The van der Waals surface area contributed by atoms with Crippen molar-refractivity contribution in [1.29, 1.82) is 0 Å². The number of amides is 1. The molecule has 0 aliphatic heterocycles. The zero-order valence-corrected chi connectivity index (χ0v) is 14.5. The van der Waals surface area contributed by atoms with Crippen molar-refractivity contribution in [3.63, 3.8) is 0 Å². The standard InChI is InChI=1S/C19H22N4O/c1-5-12(2)20-19(24)15-10-18(16-11-23(4)22-13(16)3)21-17-9-7-6-8-14(15)17/h6-12H,5H2,1-4H3,(H,20,24). The van der Waals surface area contributed by atoms with Crippen molar-refractivity contribution in [2.45, 2.75) is 33.2 Å². The zero-order chi connectivity index (χ0) is 17.3. The average molecular weight is 322 g/mol. The second kappa shape index (κ2) is 6.43. The minimum absolute atomic E-state index is 0.0641. The van der Waals surface area contributed by atoms with Gasteiger partial charge in [-0.25, -0.2) is 4.98 Å². The average Bonchev–Trinajstić information content (AvgIpc) is 2.92. The monoisotopic (exact) mass is 322 g/mol. The van der Waals surface area contributed by atoms with Gasteiger partial charge in [-0.05, 0) is 32.4 Å². The minimum Gasteiger partial charge on any atom is -0.350 e. The van der Waals surface area contributed by atoms with Crippen molar-refractivity contribution in [2.75, 3.05) is 0 Å². The number of hydrogen-bond acceptors (Lipinski definition) is 3. The molecule has 1 aromatic carbocycles. The molecule has 3 rings (SSSR count). The van der Waals surface area contributed by atoms with E-state index in [1.807, 2.05) is 57.4 Å². The molecule has 5 nitrogen and oxygen atoms in total. The van der Waals surface area contributed by atoms with Crippen molar-refractivity contribution in [3.8, 4) is 11.3 Å². The van der Waals surface area contributed by atoms with Crippen molar-refractivity contribution < 1.29 is 4.79 Å². The van der Waals surface area contributed by atoms with Crippen LogP contribution in [0.4, 0.5) is 0 Å². The molecule has 2 heterocycles. The number of aromatic nitrogens is 3. The summed E-state index contributed by atoms with van der Waals surface area (Å²) in [4.78, 5) is 17.5. The van der Waals surface area contributed by atoms with Crippen LogP contribution in [0.15, 0.2) is 36.5 Å². The lowest BCUT2D eigenvalue weighted by atomic mass is 10.0. The summed E-state index contributed by atoms with van der Waals surface area (Å²) in [6.45, 7) is 6.01. The summed E-state index contributed by atoms with van der Waals surface area (Å²) >= 11 is 0. The van der Waals surface area contributed by atoms with E-state index in [9.17, 15) is 4.79 Å². The molecular formula is C19H22N4O. The first kappa shape index (κ1) is 16.2. The van der Waals surface area contributed by atoms with Crippen LogP contribution in [0.1, 0.15) is 36.3 Å². The van der Waals surface area contributed by atoms with E-state index in [4.69, 9.17) is 4.98 Å². The molecule has 0 spiro atoms. The maximum atomic E-state index is 12.7. The van der Waals surface area contributed by atoms with Crippen LogP contribution >= 0.6 is 0 Å². The Morgan fingerprint density at radius 2 is 2.08 bits per heavy atom. The summed E-state index contributed by atoms with van der Waals surface area (Å²) in [6.07, 6.45) is 2.83. The minimum atomic E-state index is -0.0641. The lowest BCUT2D eigenvalue weighted by Crippen LogP contribution is -2.32. The number of carbonyl (C=O) groups excluding carboxylic acids is 1. The highest BCUT2D eigenvalue weighted by Gasteiger charge is 2.17. The maximum absolute atomic E-state index is 12.7. The number of pyridine rings is 1. The van der Waals surface area contributed by atoms with Crippen molar-refractivity contribution >= 4 is 16.8 Å². The van der Waals surface area contributed by atoms with E-state index in [-0.39, 0.29) is 11.9 Å². The molecule has 0 aliphatic rings. The molecular weight excluding hydrogens is 300 g/mol. The van der Waals surface area contributed by atoms with Gasteiger partial charge in [0.2, 0.25) is 0 Å². The number of nitrogens with zero attached hydrogens (tertiary/aromatic N) is 3. The van der Waals surface area contributed by atoms with Crippen molar-refractivity contribution in [3.05, 3.63) is 47.8 Å². The summed E-state index contributed by atoms with van der Waals surface area (Å²) in [5.74, 6) is -0.0641. The van der Waals surface area contributed by atoms with Crippen LogP contribution in [0.25, 0.3) is 22.2 Å². The van der Waals surface area contributed by atoms with E-state index < -0.39 is 0 Å². The summed E-state index contributed by atoms with van der Waals surface area (Å²) in [7, 11) is 1.88. The number of nitrogens with one attached hydrogen (secondary N) is 1. The lowest BCUT2D eigenvalue weighted by Gasteiger charge is -2.14. The van der Waals surface area contributed by atoms with Crippen LogP contribution in [0, 0.1) is 6.92 Å². The Bertz CT molecular complexity index is 898. The van der Waals surface area contributed by atoms with Crippen LogP contribution in [0.5, 0.6) is 0 Å². The number of carbonyl (C=O) groups is 1. The number of para-hydroxylation sites is 1. The van der Waals surface area contributed by atoms with Crippen LogP contribution in [-0.4, -0.2) is 26.7 Å². The summed E-state index contributed by atoms with van der Waals surface area (Å²) in [5, 5.41) is 8.29. The van der Waals surface area contributed by atoms with E-state index in [2.05, 4.69) is 17.3 Å². The van der Waals surface area contributed by atoms with Crippen molar-refractivity contribution in [1.82, 2.24) is 20.1 Å². The Balaban J connectivity index is 2.16. The SMILES string of the molecule is CCC(C)NC(=O)c1cc(-c2cn(C)nc2C)nc2ccccc12. The molecule has 0 bridgehead atoms. The van der Waals surface area contributed by atoms with E-state index in [1.54, 1.807) is 4.68 Å². The van der Waals surface area contributed by atoms with Gasteiger partial charge in [-0.2, -0.15) is 5.10 Å². The fourth-order valence-corrected chi connectivity index (χ4v) is 2.76. The molecule has 0 fully saturated rings. The number of fused-ring (bicyclic) bond motifs is 1. The summed E-state index contributed by atoms with van der Waals surface area (Å²) in [6, 6.07) is 9.74. The fourth-order valence-electron chi connectivity index (χ4n) is 2.76. The van der Waals surface area contributed by atoms with Gasteiger partial charge in [0.1, 0.15) is 0 Å². The van der Waals surface area contributed by atoms with Gasteiger partial charge in [0.05, 0.1) is 22.5 Å².